The molecule has 2 heteroatoms. The van der Waals surface area contributed by atoms with Crippen LogP contribution in [0.15, 0.2) is 12.7 Å². The van der Waals surface area contributed by atoms with Crippen LogP contribution in [-0.2, 0) is 9.47 Å². The third-order valence-electron chi connectivity index (χ3n) is 4.34. The molecule has 2 nitrogen and oxygen atoms in total. The number of rotatable bonds is 18. The summed E-state index contributed by atoms with van der Waals surface area (Å²) in [5, 5.41) is 0. The van der Waals surface area contributed by atoms with Crippen molar-refractivity contribution in [3.8, 4) is 0 Å². The summed E-state index contributed by atoms with van der Waals surface area (Å²) in [6.45, 7) is 12.2. The molecule has 138 valence electrons. The largest absolute Gasteiger partial charge is 0.350 e. The Labute approximate surface area is 146 Å². The smallest absolute Gasteiger partial charge is 0.171 e. The lowest BCUT2D eigenvalue weighted by molar-refractivity contribution is -0.240. The van der Waals surface area contributed by atoms with Crippen molar-refractivity contribution in [2.45, 2.75) is 110 Å². The van der Waals surface area contributed by atoms with Crippen LogP contribution in [0.5, 0.6) is 0 Å². The molecule has 0 amide bonds. The summed E-state index contributed by atoms with van der Waals surface area (Å²) >= 11 is 0. The van der Waals surface area contributed by atoms with Gasteiger partial charge in [-0.25, -0.2) is 0 Å². The van der Waals surface area contributed by atoms with E-state index in [2.05, 4.69) is 27.4 Å². The molecule has 0 heterocycles. The number of unbranched alkanes of at least 4 members (excludes halogenated alkanes) is 8. The van der Waals surface area contributed by atoms with Crippen molar-refractivity contribution in [1.82, 2.24) is 0 Å². The fourth-order valence-corrected chi connectivity index (χ4v) is 2.78. The van der Waals surface area contributed by atoms with E-state index in [4.69, 9.17) is 9.47 Å². The van der Waals surface area contributed by atoms with Crippen LogP contribution >= 0.6 is 0 Å². The van der Waals surface area contributed by atoms with Crippen LogP contribution in [0.1, 0.15) is 104 Å². The summed E-state index contributed by atoms with van der Waals surface area (Å²) in [6, 6.07) is 0. The van der Waals surface area contributed by atoms with E-state index in [-0.39, 0.29) is 0 Å². The van der Waals surface area contributed by atoms with Gasteiger partial charge in [-0.3, -0.25) is 0 Å². The molecule has 0 saturated carbocycles. The molecular weight excluding hydrogens is 284 g/mol. The van der Waals surface area contributed by atoms with Crippen LogP contribution < -0.4 is 0 Å². The summed E-state index contributed by atoms with van der Waals surface area (Å²) < 4.78 is 12.4. The Balaban J connectivity index is 4.26. The molecular formula is C21H42O2. The molecule has 0 N–H and O–H groups in total. The van der Waals surface area contributed by atoms with Gasteiger partial charge in [-0.05, 0) is 19.3 Å². The first-order chi connectivity index (χ1) is 11.2. The van der Waals surface area contributed by atoms with Gasteiger partial charge in [-0.1, -0.05) is 78.2 Å². The molecule has 0 aliphatic carbocycles. The molecule has 0 spiro atoms. The highest BCUT2D eigenvalue weighted by molar-refractivity contribution is 4.81. The topological polar surface area (TPSA) is 18.5 Å². The highest BCUT2D eigenvalue weighted by Gasteiger charge is 2.29. The Hall–Kier alpha value is -0.340. The molecule has 0 atom stereocenters. The molecule has 0 rings (SSSR count). The van der Waals surface area contributed by atoms with Crippen molar-refractivity contribution >= 4 is 0 Å². The molecule has 0 aliphatic rings. The van der Waals surface area contributed by atoms with Crippen LogP contribution in [-0.4, -0.2) is 19.0 Å². The third-order valence-corrected chi connectivity index (χ3v) is 4.34. The lowest BCUT2D eigenvalue weighted by atomic mass is 10.0. The highest BCUT2D eigenvalue weighted by Crippen LogP contribution is 2.27. The molecule has 0 radical (unpaired) electrons. The zero-order valence-corrected chi connectivity index (χ0v) is 16.2. The van der Waals surface area contributed by atoms with Crippen molar-refractivity contribution in [2.75, 3.05) is 13.2 Å². The van der Waals surface area contributed by atoms with Crippen molar-refractivity contribution in [2.24, 2.45) is 0 Å². The molecule has 0 saturated heterocycles. The monoisotopic (exact) mass is 326 g/mol. The van der Waals surface area contributed by atoms with Gasteiger partial charge in [0.15, 0.2) is 5.79 Å². The average molecular weight is 327 g/mol. The van der Waals surface area contributed by atoms with Gasteiger partial charge in [0.05, 0.1) is 13.2 Å². The van der Waals surface area contributed by atoms with Crippen molar-refractivity contribution in [1.29, 1.82) is 0 Å². The van der Waals surface area contributed by atoms with E-state index >= 15 is 0 Å². The van der Waals surface area contributed by atoms with E-state index in [0.29, 0.717) is 0 Å². The second-order valence-corrected chi connectivity index (χ2v) is 6.68. The van der Waals surface area contributed by atoms with E-state index in [0.717, 1.165) is 51.7 Å². The van der Waals surface area contributed by atoms with Gasteiger partial charge in [-0.15, -0.1) is 6.58 Å². The second kappa shape index (κ2) is 16.5. The number of ether oxygens (including phenoxy) is 2. The highest BCUT2D eigenvalue weighted by atomic mass is 16.7. The summed E-state index contributed by atoms with van der Waals surface area (Å²) in [6.07, 6.45) is 17.6. The van der Waals surface area contributed by atoms with Crippen LogP contribution in [0.4, 0.5) is 0 Å². The predicted molar refractivity (Wildman–Crippen MR) is 102 cm³/mol. The summed E-state index contributed by atoms with van der Waals surface area (Å²) in [7, 11) is 0. The Kier molecular flexibility index (Phi) is 16.3. The van der Waals surface area contributed by atoms with E-state index in [1.165, 1.54) is 44.9 Å². The van der Waals surface area contributed by atoms with Crippen molar-refractivity contribution in [3.05, 3.63) is 12.7 Å². The molecule has 0 bridgehead atoms. The zero-order valence-electron chi connectivity index (χ0n) is 16.2. The summed E-state index contributed by atoms with van der Waals surface area (Å²) in [4.78, 5) is 0. The molecule has 0 aromatic rings. The number of hydrogen-bond donors (Lipinski definition) is 0. The standard InChI is InChI=1S/C21H42O2/c1-5-9-12-13-14-15-16-18-21(17-8-4,22-19-10-6-2)23-20-11-7-3/h8H,4-7,9-20H2,1-3H3. The number of hydrogen-bond acceptors (Lipinski definition) is 2. The van der Waals surface area contributed by atoms with Crippen LogP contribution in [0.3, 0.4) is 0 Å². The lowest BCUT2D eigenvalue weighted by Crippen LogP contribution is -2.36. The Morgan fingerprint density at radius 3 is 1.65 bits per heavy atom. The summed E-state index contributed by atoms with van der Waals surface area (Å²) in [5.41, 5.74) is 0. The van der Waals surface area contributed by atoms with Gasteiger partial charge in [0.1, 0.15) is 0 Å². The van der Waals surface area contributed by atoms with Crippen LogP contribution in [0.2, 0.25) is 0 Å². The molecule has 0 aromatic carbocycles. The molecule has 0 aliphatic heterocycles. The zero-order chi connectivity index (χ0) is 17.2. The molecule has 0 fully saturated rings. The second-order valence-electron chi connectivity index (χ2n) is 6.68. The van der Waals surface area contributed by atoms with E-state index in [9.17, 15) is 0 Å². The van der Waals surface area contributed by atoms with Gasteiger partial charge < -0.3 is 9.47 Å². The van der Waals surface area contributed by atoms with E-state index in [1.807, 2.05) is 6.08 Å². The van der Waals surface area contributed by atoms with Gasteiger partial charge >= 0.3 is 0 Å². The average Bonchev–Trinajstić information content (AvgIpc) is 2.55. The third kappa shape index (κ3) is 12.7. The van der Waals surface area contributed by atoms with Gasteiger partial charge in [0, 0.05) is 12.8 Å². The van der Waals surface area contributed by atoms with E-state index < -0.39 is 5.79 Å². The first kappa shape index (κ1) is 22.7. The minimum absolute atomic E-state index is 0.421. The molecule has 23 heavy (non-hydrogen) atoms. The van der Waals surface area contributed by atoms with Crippen LogP contribution in [0, 0.1) is 0 Å². The minimum atomic E-state index is -0.421. The minimum Gasteiger partial charge on any atom is -0.350 e. The fourth-order valence-electron chi connectivity index (χ4n) is 2.78. The normalized spacial score (nSPS) is 11.8. The fraction of sp³-hybridized carbons (Fsp3) is 0.905. The van der Waals surface area contributed by atoms with Crippen molar-refractivity contribution < 1.29 is 9.47 Å². The van der Waals surface area contributed by atoms with Gasteiger partial charge in [-0.2, -0.15) is 0 Å². The first-order valence-corrected chi connectivity index (χ1v) is 10.1. The van der Waals surface area contributed by atoms with Crippen molar-refractivity contribution in [3.63, 3.8) is 0 Å². The Morgan fingerprint density at radius 1 is 0.696 bits per heavy atom. The quantitative estimate of drug-likeness (QED) is 0.153. The SMILES string of the molecule is C=CCC(CCCCCCCCC)(OCCCC)OCCCC. The lowest BCUT2D eigenvalue weighted by Gasteiger charge is -2.33. The predicted octanol–water partition coefficient (Wildman–Crippen LogP) is 7.03. The molecule has 0 aromatic heterocycles. The summed E-state index contributed by atoms with van der Waals surface area (Å²) in [5.74, 6) is -0.421. The first-order valence-electron chi connectivity index (χ1n) is 10.1. The Bertz CT molecular complexity index is 240. The van der Waals surface area contributed by atoms with Crippen LogP contribution in [0.25, 0.3) is 0 Å². The molecule has 0 unspecified atom stereocenters. The van der Waals surface area contributed by atoms with Gasteiger partial charge in [0.25, 0.3) is 0 Å². The Morgan fingerprint density at radius 2 is 1.17 bits per heavy atom. The maximum absolute atomic E-state index is 6.21. The van der Waals surface area contributed by atoms with Gasteiger partial charge in [0.2, 0.25) is 0 Å². The maximum atomic E-state index is 6.21. The van der Waals surface area contributed by atoms with E-state index in [1.54, 1.807) is 0 Å². The maximum Gasteiger partial charge on any atom is 0.171 e.